The summed E-state index contributed by atoms with van der Waals surface area (Å²) >= 11 is 0. The quantitative estimate of drug-likeness (QED) is 0.676. The lowest BCUT2D eigenvalue weighted by atomic mass is 10.0. The van der Waals surface area contributed by atoms with E-state index in [1.807, 2.05) is 36.4 Å². The van der Waals surface area contributed by atoms with Crippen molar-refractivity contribution in [2.45, 2.75) is 13.0 Å². The van der Waals surface area contributed by atoms with Crippen LogP contribution in [0.3, 0.4) is 0 Å². The Bertz CT molecular complexity index is 919. The van der Waals surface area contributed by atoms with Crippen molar-refractivity contribution < 1.29 is 4.79 Å². The minimum atomic E-state index is -0.0105. The van der Waals surface area contributed by atoms with Gasteiger partial charge in [0.15, 0.2) is 0 Å². The molecule has 0 spiro atoms. The summed E-state index contributed by atoms with van der Waals surface area (Å²) in [5, 5.41) is 2.87. The maximum absolute atomic E-state index is 11.9. The highest BCUT2D eigenvalue weighted by atomic mass is 35.5. The van der Waals surface area contributed by atoms with Gasteiger partial charge in [-0.15, -0.1) is 12.4 Å². The largest absolute Gasteiger partial charge is 0.358 e. The van der Waals surface area contributed by atoms with Crippen molar-refractivity contribution in [1.82, 2.24) is 15.3 Å². The second kappa shape index (κ2) is 7.09. The SMILES string of the molecule is Cl.NCc1cccc(-c2cc(-c3cc4c([nH]3)CCNC4=O)ccn2)c1. The molecular weight excluding hydrogens is 336 g/mol. The third kappa shape index (κ3) is 3.29. The molecule has 4 N–H and O–H groups in total. The molecule has 0 unspecified atom stereocenters. The van der Waals surface area contributed by atoms with Gasteiger partial charge in [-0.05, 0) is 29.8 Å². The van der Waals surface area contributed by atoms with E-state index in [9.17, 15) is 4.79 Å². The first-order chi connectivity index (χ1) is 11.7. The number of carbonyl (C=O) groups is 1. The molecule has 0 fully saturated rings. The van der Waals surface area contributed by atoms with E-state index in [-0.39, 0.29) is 18.3 Å². The predicted octanol–water partition coefficient (Wildman–Crippen LogP) is 2.91. The first kappa shape index (κ1) is 17.2. The van der Waals surface area contributed by atoms with E-state index in [1.54, 1.807) is 6.20 Å². The molecule has 0 saturated heterocycles. The molecule has 0 aliphatic carbocycles. The molecule has 6 heteroatoms. The van der Waals surface area contributed by atoms with Crippen LogP contribution in [-0.2, 0) is 13.0 Å². The topological polar surface area (TPSA) is 83.8 Å². The Morgan fingerprint density at radius 2 is 2.00 bits per heavy atom. The highest BCUT2D eigenvalue weighted by molar-refractivity contribution is 5.97. The number of carbonyl (C=O) groups excluding carboxylic acids is 1. The second-order valence-corrected chi connectivity index (χ2v) is 5.92. The van der Waals surface area contributed by atoms with Gasteiger partial charge in [0.05, 0.1) is 11.3 Å². The van der Waals surface area contributed by atoms with Crippen LogP contribution >= 0.6 is 12.4 Å². The number of hydrogen-bond donors (Lipinski definition) is 3. The molecule has 128 valence electrons. The standard InChI is InChI=1S/C19H18N4O.ClH/c20-11-12-2-1-3-13(8-12)17-9-14(4-6-21-17)18-10-15-16(23-18)5-7-22-19(15)24;/h1-4,6,8-10,23H,5,7,11,20H2,(H,22,24);1H. The van der Waals surface area contributed by atoms with Crippen LogP contribution in [0.1, 0.15) is 21.6 Å². The van der Waals surface area contributed by atoms with Gasteiger partial charge in [-0.25, -0.2) is 0 Å². The average Bonchev–Trinajstić information content (AvgIpc) is 3.08. The predicted molar refractivity (Wildman–Crippen MR) is 101 cm³/mol. The first-order valence-electron chi connectivity index (χ1n) is 8.00. The summed E-state index contributed by atoms with van der Waals surface area (Å²) in [5.74, 6) is -0.0105. The van der Waals surface area contributed by atoms with Crippen LogP contribution in [0.15, 0.2) is 48.7 Å². The third-order valence-electron chi connectivity index (χ3n) is 4.33. The van der Waals surface area contributed by atoms with Gasteiger partial charge >= 0.3 is 0 Å². The number of pyridine rings is 1. The number of aromatic amines is 1. The third-order valence-corrected chi connectivity index (χ3v) is 4.33. The number of nitrogens with zero attached hydrogens (tertiary/aromatic N) is 1. The molecule has 2 aromatic heterocycles. The lowest BCUT2D eigenvalue weighted by Crippen LogP contribution is -2.31. The van der Waals surface area contributed by atoms with Gasteiger partial charge in [0.1, 0.15) is 0 Å². The summed E-state index contributed by atoms with van der Waals surface area (Å²) < 4.78 is 0. The fourth-order valence-electron chi connectivity index (χ4n) is 3.06. The van der Waals surface area contributed by atoms with Gasteiger partial charge in [-0.1, -0.05) is 18.2 Å². The lowest BCUT2D eigenvalue weighted by Gasteiger charge is -2.11. The number of halogens is 1. The molecular formula is C19H19ClN4O. The molecule has 5 nitrogen and oxygen atoms in total. The normalized spacial score (nSPS) is 12.9. The number of amides is 1. The summed E-state index contributed by atoms with van der Waals surface area (Å²) in [6.45, 7) is 1.19. The van der Waals surface area contributed by atoms with Crippen molar-refractivity contribution in [2.75, 3.05) is 6.54 Å². The van der Waals surface area contributed by atoms with Crippen LogP contribution in [0.4, 0.5) is 0 Å². The van der Waals surface area contributed by atoms with E-state index < -0.39 is 0 Å². The molecule has 0 saturated carbocycles. The lowest BCUT2D eigenvalue weighted by molar-refractivity contribution is 0.0946. The van der Waals surface area contributed by atoms with Crippen molar-refractivity contribution in [3.05, 3.63) is 65.5 Å². The Morgan fingerprint density at radius 1 is 1.12 bits per heavy atom. The Kier molecular flexibility index (Phi) is 4.88. The Balaban J connectivity index is 0.00000182. The molecule has 1 amide bonds. The van der Waals surface area contributed by atoms with Crippen LogP contribution < -0.4 is 11.1 Å². The molecule has 0 bridgehead atoms. The number of aromatic nitrogens is 2. The Hall–Kier alpha value is -2.63. The van der Waals surface area contributed by atoms with E-state index in [4.69, 9.17) is 5.73 Å². The van der Waals surface area contributed by atoms with Crippen molar-refractivity contribution in [1.29, 1.82) is 0 Å². The zero-order valence-corrected chi connectivity index (χ0v) is 14.4. The Labute approximate surface area is 152 Å². The number of rotatable bonds is 3. The van der Waals surface area contributed by atoms with Gasteiger partial charge in [0, 0.05) is 48.2 Å². The van der Waals surface area contributed by atoms with Crippen LogP contribution in [0, 0.1) is 0 Å². The van der Waals surface area contributed by atoms with Gasteiger partial charge in [0.2, 0.25) is 0 Å². The zero-order valence-electron chi connectivity index (χ0n) is 13.6. The van der Waals surface area contributed by atoms with Crippen LogP contribution in [0.2, 0.25) is 0 Å². The first-order valence-corrected chi connectivity index (χ1v) is 8.00. The van der Waals surface area contributed by atoms with E-state index in [0.29, 0.717) is 13.1 Å². The number of benzene rings is 1. The number of hydrogen-bond acceptors (Lipinski definition) is 3. The summed E-state index contributed by atoms with van der Waals surface area (Å²) in [6.07, 6.45) is 2.62. The minimum Gasteiger partial charge on any atom is -0.358 e. The van der Waals surface area contributed by atoms with Gasteiger partial charge < -0.3 is 16.0 Å². The maximum Gasteiger partial charge on any atom is 0.253 e. The van der Waals surface area contributed by atoms with E-state index in [2.05, 4.69) is 21.4 Å². The van der Waals surface area contributed by atoms with E-state index in [0.717, 1.165) is 45.8 Å². The number of H-pyrrole nitrogens is 1. The summed E-state index contributed by atoms with van der Waals surface area (Å²) in [7, 11) is 0. The smallest absolute Gasteiger partial charge is 0.253 e. The van der Waals surface area contributed by atoms with Crippen LogP contribution in [0.25, 0.3) is 22.5 Å². The fourth-order valence-corrected chi connectivity index (χ4v) is 3.06. The average molecular weight is 355 g/mol. The molecule has 1 aliphatic rings. The van der Waals surface area contributed by atoms with Crippen molar-refractivity contribution >= 4 is 18.3 Å². The summed E-state index contributed by atoms with van der Waals surface area (Å²) in [5.41, 5.74) is 12.4. The number of nitrogens with one attached hydrogen (secondary N) is 2. The molecule has 25 heavy (non-hydrogen) atoms. The highest BCUT2D eigenvalue weighted by Gasteiger charge is 2.20. The monoisotopic (exact) mass is 354 g/mol. The molecule has 1 aromatic carbocycles. The highest BCUT2D eigenvalue weighted by Crippen LogP contribution is 2.27. The van der Waals surface area contributed by atoms with Crippen molar-refractivity contribution in [3.63, 3.8) is 0 Å². The minimum absolute atomic E-state index is 0. The zero-order chi connectivity index (χ0) is 16.5. The summed E-state index contributed by atoms with van der Waals surface area (Å²) in [6, 6.07) is 14.0. The molecule has 3 heterocycles. The Morgan fingerprint density at radius 3 is 2.80 bits per heavy atom. The molecule has 0 atom stereocenters. The maximum atomic E-state index is 11.9. The van der Waals surface area contributed by atoms with Gasteiger partial charge in [-0.2, -0.15) is 0 Å². The van der Waals surface area contributed by atoms with Crippen LogP contribution in [-0.4, -0.2) is 22.4 Å². The molecule has 3 aromatic rings. The molecule has 0 radical (unpaired) electrons. The van der Waals surface area contributed by atoms with Crippen molar-refractivity contribution in [3.8, 4) is 22.5 Å². The number of nitrogens with two attached hydrogens (primary N) is 1. The van der Waals surface area contributed by atoms with Crippen LogP contribution in [0.5, 0.6) is 0 Å². The van der Waals surface area contributed by atoms with Crippen molar-refractivity contribution in [2.24, 2.45) is 5.73 Å². The second-order valence-electron chi connectivity index (χ2n) is 5.92. The van der Waals surface area contributed by atoms with E-state index >= 15 is 0 Å². The molecule has 1 aliphatic heterocycles. The molecule has 4 rings (SSSR count). The fraction of sp³-hybridized carbons (Fsp3) is 0.158. The van der Waals surface area contributed by atoms with Gasteiger partial charge in [0.25, 0.3) is 5.91 Å². The number of fused-ring (bicyclic) bond motifs is 1. The van der Waals surface area contributed by atoms with Gasteiger partial charge in [-0.3, -0.25) is 9.78 Å². The summed E-state index contributed by atoms with van der Waals surface area (Å²) in [4.78, 5) is 19.8. The van der Waals surface area contributed by atoms with E-state index in [1.165, 1.54) is 0 Å².